The van der Waals surface area contributed by atoms with E-state index in [2.05, 4.69) is 19.9 Å². The molecule has 2 heterocycles. The van der Waals surface area contributed by atoms with Crippen molar-refractivity contribution in [1.82, 2.24) is 19.9 Å². The fraction of sp³-hybridized carbons (Fsp3) is 0.385. The molecule has 0 aliphatic rings. The molecule has 2 aromatic rings. The minimum absolute atomic E-state index is 0.0943. The van der Waals surface area contributed by atoms with Gasteiger partial charge in [0.1, 0.15) is 0 Å². The summed E-state index contributed by atoms with van der Waals surface area (Å²) in [6.45, 7) is 3.95. The maximum atomic E-state index is 5.87. The second-order valence-corrected chi connectivity index (χ2v) is 4.77. The van der Waals surface area contributed by atoms with Crippen molar-refractivity contribution < 1.29 is 4.74 Å². The van der Waals surface area contributed by atoms with Crippen LogP contribution < -0.4 is 9.64 Å². The van der Waals surface area contributed by atoms with E-state index in [0.717, 1.165) is 17.8 Å². The minimum atomic E-state index is 0.0943. The van der Waals surface area contributed by atoms with Gasteiger partial charge in [-0.05, 0) is 37.1 Å². The normalized spacial score (nSPS) is 10.4. The van der Waals surface area contributed by atoms with Crippen LogP contribution in [0, 0.1) is 6.92 Å². The molecule has 0 saturated carbocycles. The zero-order chi connectivity index (χ0) is 14.7. The van der Waals surface area contributed by atoms with Gasteiger partial charge in [-0.25, -0.2) is 0 Å². The first kappa shape index (κ1) is 14.5. The number of hydrogen-bond acceptors (Lipinski definition) is 6. The smallest absolute Gasteiger partial charge is 0.328 e. The number of halogens is 1. The van der Waals surface area contributed by atoms with E-state index in [1.54, 1.807) is 4.90 Å². The summed E-state index contributed by atoms with van der Waals surface area (Å²) in [5.41, 5.74) is 1.80. The van der Waals surface area contributed by atoms with Gasteiger partial charge < -0.3 is 9.64 Å². The Bertz CT molecular complexity index is 618. The van der Waals surface area contributed by atoms with Crippen molar-refractivity contribution in [2.45, 2.75) is 20.3 Å². The van der Waals surface area contributed by atoms with E-state index in [1.807, 2.05) is 40.1 Å². The van der Waals surface area contributed by atoms with E-state index < -0.39 is 0 Å². The van der Waals surface area contributed by atoms with E-state index in [-0.39, 0.29) is 11.3 Å². The summed E-state index contributed by atoms with van der Waals surface area (Å²) in [6.07, 6.45) is 0.760. The summed E-state index contributed by atoms with van der Waals surface area (Å²) in [7, 11) is 3.64. The Hall–Kier alpha value is -1.95. The molecule has 0 atom stereocenters. The van der Waals surface area contributed by atoms with Crippen LogP contribution in [0.4, 0.5) is 5.95 Å². The van der Waals surface area contributed by atoms with Crippen molar-refractivity contribution in [1.29, 1.82) is 0 Å². The summed E-state index contributed by atoms with van der Waals surface area (Å²) in [5.74, 6) is 1.07. The Morgan fingerprint density at radius 1 is 1.15 bits per heavy atom. The molecule has 0 N–H and O–H groups in total. The molecule has 0 unspecified atom stereocenters. The Morgan fingerprint density at radius 2 is 1.90 bits per heavy atom. The highest BCUT2D eigenvalue weighted by Gasteiger charge is 2.11. The van der Waals surface area contributed by atoms with Crippen molar-refractivity contribution in [2.75, 3.05) is 19.0 Å². The van der Waals surface area contributed by atoms with Crippen LogP contribution in [-0.4, -0.2) is 34.0 Å². The van der Waals surface area contributed by atoms with E-state index in [0.29, 0.717) is 11.7 Å². The molecule has 0 aromatic carbocycles. The molecule has 2 rings (SSSR count). The lowest BCUT2D eigenvalue weighted by molar-refractivity contribution is 0.432. The number of rotatable bonds is 4. The first-order valence-electron chi connectivity index (χ1n) is 6.23. The van der Waals surface area contributed by atoms with Crippen molar-refractivity contribution in [3.8, 4) is 11.8 Å². The van der Waals surface area contributed by atoms with E-state index in [4.69, 9.17) is 16.3 Å². The molecule has 6 nitrogen and oxygen atoms in total. The number of anilines is 1. The number of aromatic nitrogens is 4. The lowest BCUT2D eigenvalue weighted by Gasteiger charge is -2.12. The van der Waals surface area contributed by atoms with Crippen LogP contribution in [0.25, 0.3) is 0 Å². The molecule has 0 saturated heterocycles. The van der Waals surface area contributed by atoms with E-state index >= 15 is 0 Å². The first-order valence-corrected chi connectivity index (χ1v) is 6.60. The standard InChI is InChI=1S/C13H16ClN5O/c1-5-9-10(7-6-8(2)15-9)20-13-17-11(14)16-12(18-13)19(3)4/h6-7H,5H2,1-4H3. The number of nitrogens with zero attached hydrogens (tertiary/aromatic N) is 5. The molecule has 0 radical (unpaired) electrons. The molecule has 7 heteroatoms. The quantitative estimate of drug-likeness (QED) is 0.863. The number of ether oxygens (including phenoxy) is 1. The maximum Gasteiger partial charge on any atom is 0.328 e. The van der Waals surface area contributed by atoms with Gasteiger partial charge >= 0.3 is 6.01 Å². The third-order valence-electron chi connectivity index (χ3n) is 2.58. The Labute approximate surface area is 122 Å². The first-order chi connectivity index (χ1) is 9.49. The molecule has 106 valence electrons. The molecule has 0 amide bonds. The van der Waals surface area contributed by atoms with Gasteiger partial charge in [0, 0.05) is 19.8 Å². The van der Waals surface area contributed by atoms with Gasteiger partial charge in [0.05, 0.1) is 5.69 Å². The largest absolute Gasteiger partial charge is 0.422 e. The van der Waals surface area contributed by atoms with Crippen LogP contribution in [-0.2, 0) is 6.42 Å². The summed E-state index contributed by atoms with van der Waals surface area (Å²) in [5, 5.41) is 0.0943. The van der Waals surface area contributed by atoms with Gasteiger partial charge in [-0.3, -0.25) is 4.98 Å². The van der Waals surface area contributed by atoms with Crippen LogP contribution in [0.3, 0.4) is 0 Å². The van der Waals surface area contributed by atoms with Gasteiger partial charge in [0.15, 0.2) is 5.75 Å². The van der Waals surface area contributed by atoms with Gasteiger partial charge in [0.2, 0.25) is 11.2 Å². The topological polar surface area (TPSA) is 64.0 Å². The van der Waals surface area contributed by atoms with Gasteiger partial charge in [-0.1, -0.05) is 6.92 Å². The molecule has 20 heavy (non-hydrogen) atoms. The third kappa shape index (κ3) is 3.33. The van der Waals surface area contributed by atoms with Crippen LogP contribution in [0.5, 0.6) is 11.8 Å². The highest BCUT2D eigenvalue weighted by atomic mass is 35.5. The number of pyridine rings is 1. The zero-order valence-corrected chi connectivity index (χ0v) is 12.6. The molecule has 2 aromatic heterocycles. The third-order valence-corrected chi connectivity index (χ3v) is 2.75. The molecular weight excluding hydrogens is 278 g/mol. The minimum Gasteiger partial charge on any atom is -0.422 e. The summed E-state index contributed by atoms with van der Waals surface area (Å²) in [6, 6.07) is 3.90. The van der Waals surface area contributed by atoms with Gasteiger partial charge in [-0.15, -0.1) is 0 Å². The maximum absolute atomic E-state index is 5.87. The average Bonchev–Trinajstić information content (AvgIpc) is 2.40. The predicted molar refractivity (Wildman–Crippen MR) is 77.6 cm³/mol. The Balaban J connectivity index is 2.34. The SMILES string of the molecule is CCc1nc(C)ccc1Oc1nc(Cl)nc(N(C)C)n1. The summed E-state index contributed by atoms with van der Waals surface area (Å²) >= 11 is 5.87. The molecule has 0 bridgehead atoms. The van der Waals surface area contributed by atoms with Crippen molar-refractivity contribution in [3.05, 3.63) is 28.8 Å². The van der Waals surface area contributed by atoms with Gasteiger partial charge in [-0.2, -0.15) is 15.0 Å². The Kier molecular flexibility index (Phi) is 4.34. The molecule has 0 fully saturated rings. The lowest BCUT2D eigenvalue weighted by Crippen LogP contribution is -2.14. The van der Waals surface area contributed by atoms with E-state index in [9.17, 15) is 0 Å². The van der Waals surface area contributed by atoms with Crippen molar-refractivity contribution in [2.24, 2.45) is 0 Å². The number of aryl methyl sites for hydroxylation is 2. The van der Waals surface area contributed by atoms with Crippen molar-refractivity contribution in [3.63, 3.8) is 0 Å². The van der Waals surface area contributed by atoms with Crippen LogP contribution in [0.1, 0.15) is 18.3 Å². The molecule has 0 aliphatic carbocycles. The molecule has 0 spiro atoms. The second-order valence-electron chi connectivity index (χ2n) is 4.43. The van der Waals surface area contributed by atoms with Crippen LogP contribution in [0.15, 0.2) is 12.1 Å². The van der Waals surface area contributed by atoms with E-state index in [1.165, 1.54) is 0 Å². The fourth-order valence-corrected chi connectivity index (χ4v) is 1.76. The van der Waals surface area contributed by atoms with Crippen LogP contribution >= 0.6 is 11.6 Å². The zero-order valence-electron chi connectivity index (χ0n) is 11.9. The predicted octanol–water partition coefficient (Wildman–Crippen LogP) is 2.65. The summed E-state index contributed by atoms with van der Waals surface area (Å²) < 4.78 is 5.69. The Morgan fingerprint density at radius 3 is 2.55 bits per heavy atom. The summed E-state index contributed by atoms with van der Waals surface area (Å²) in [4.78, 5) is 18.3. The lowest BCUT2D eigenvalue weighted by atomic mass is 10.2. The number of hydrogen-bond donors (Lipinski definition) is 0. The molecule has 0 aliphatic heterocycles. The molecular formula is C13H16ClN5O. The highest BCUT2D eigenvalue weighted by molar-refractivity contribution is 6.28. The average molecular weight is 294 g/mol. The fourth-order valence-electron chi connectivity index (χ4n) is 1.61. The highest BCUT2D eigenvalue weighted by Crippen LogP contribution is 2.24. The monoisotopic (exact) mass is 293 g/mol. The van der Waals surface area contributed by atoms with Gasteiger partial charge in [0.25, 0.3) is 0 Å². The van der Waals surface area contributed by atoms with Crippen molar-refractivity contribution >= 4 is 17.5 Å². The van der Waals surface area contributed by atoms with Crippen LogP contribution in [0.2, 0.25) is 5.28 Å². The second kappa shape index (κ2) is 6.00.